The molecule has 0 aromatic carbocycles. The molecule has 1 N–H and O–H groups in total. The number of ether oxygens (including phenoxy) is 1. The van der Waals surface area contributed by atoms with Crippen LogP contribution in [0, 0.1) is 0 Å². The van der Waals surface area contributed by atoms with Crippen LogP contribution in [0.25, 0.3) is 0 Å². The molecule has 0 aliphatic heterocycles. The van der Waals surface area contributed by atoms with E-state index in [2.05, 4.69) is 10.1 Å². The molecule has 2 nitrogen and oxygen atoms in total. The minimum absolute atomic E-state index is 0.182. The van der Waals surface area contributed by atoms with Gasteiger partial charge in [0.1, 0.15) is 0 Å². The first-order chi connectivity index (χ1) is 5.97. The van der Waals surface area contributed by atoms with E-state index in [0.29, 0.717) is 0 Å². The molecule has 6 heteroatoms. The fraction of sp³-hybridized carbons (Fsp3) is 1.00. The second-order valence-electron chi connectivity index (χ2n) is 3.01. The summed E-state index contributed by atoms with van der Waals surface area (Å²) in [4.78, 5) is 0. The van der Waals surface area contributed by atoms with Gasteiger partial charge in [-0.2, -0.15) is 0 Å². The van der Waals surface area contributed by atoms with Gasteiger partial charge in [-0.05, 0) is 12.8 Å². The molecular weight excluding hydrogens is 207 g/mol. The van der Waals surface area contributed by atoms with Crippen LogP contribution in [0.15, 0.2) is 0 Å². The summed E-state index contributed by atoms with van der Waals surface area (Å²) < 4.78 is 38.0. The minimum atomic E-state index is -4.52. The van der Waals surface area contributed by atoms with Crippen molar-refractivity contribution in [2.75, 3.05) is 13.2 Å². The van der Waals surface area contributed by atoms with Crippen LogP contribution < -0.4 is 5.32 Å². The first kappa shape index (κ1) is 11.1. The third kappa shape index (κ3) is 4.69. The van der Waals surface area contributed by atoms with Crippen molar-refractivity contribution in [2.45, 2.75) is 30.6 Å². The summed E-state index contributed by atoms with van der Waals surface area (Å²) in [6.07, 6.45) is -2.86. The predicted molar refractivity (Wildman–Crippen MR) is 42.7 cm³/mol. The minimum Gasteiger partial charge on any atom is -0.312 e. The van der Waals surface area contributed by atoms with E-state index in [-0.39, 0.29) is 24.6 Å². The van der Waals surface area contributed by atoms with Gasteiger partial charge in [-0.1, -0.05) is 0 Å². The number of halogens is 4. The Labute approximate surface area is 79.4 Å². The number of alkyl halides is 4. The van der Waals surface area contributed by atoms with E-state index >= 15 is 0 Å². The van der Waals surface area contributed by atoms with Gasteiger partial charge in [-0.15, -0.1) is 24.8 Å². The van der Waals surface area contributed by atoms with Crippen LogP contribution in [0.2, 0.25) is 0 Å². The van der Waals surface area contributed by atoms with E-state index in [0.717, 1.165) is 12.8 Å². The molecule has 1 aliphatic rings. The molecule has 0 spiro atoms. The normalized spacial score (nSPS) is 28.6. The Bertz CT molecular complexity index is 158. The van der Waals surface area contributed by atoms with Gasteiger partial charge in [0, 0.05) is 18.0 Å². The van der Waals surface area contributed by atoms with Crippen LogP contribution in [0.3, 0.4) is 0 Å². The average Bonchev–Trinajstić information content (AvgIpc) is 1.91. The van der Waals surface area contributed by atoms with Gasteiger partial charge in [0.15, 0.2) is 0 Å². The molecule has 1 rings (SSSR count). The summed E-state index contributed by atoms with van der Waals surface area (Å²) in [5.74, 6) is 0. The highest BCUT2D eigenvalue weighted by Gasteiger charge is 2.29. The average molecular weight is 218 g/mol. The van der Waals surface area contributed by atoms with Crippen LogP contribution in [0.1, 0.15) is 12.8 Å². The summed E-state index contributed by atoms with van der Waals surface area (Å²) in [5, 5.41) is 3.09. The predicted octanol–water partition coefficient (Wildman–Crippen LogP) is 1.88. The van der Waals surface area contributed by atoms with Crippen molar-refractivity contribution in [1.29, 1.82) is 0 Å². The van der Waals surface area contributed by atoms with Crippen LogP contribution >= 0.6 is 11.6 Å². The highest BCUT2D eigenvalue weighted by molar-refractivity contribution is 6.21. The zero-order chi connectivity index (χ0) is 9.90. The standard InChI is InChI=1S/C7H11ClF3NO/c8-5-3-6(4-5)12-1-2-13-7(9,10)11/h5-6,12H,1-4H2. The van der Waals surface area contributed by atoms with Crippen molar-refractivity contribution in [3.05, 3.63) is 0 Å². The lowest BCUT2D eigenvalue weighted by atomic mass is 9.92. The lowest BCUT2D eigenvalue weighted by molar-refractivity contribution is -0.323. The molecule has 0 bridgehead atoms. The SMILES string of the molecule is FC(F)(F)OCCNC1CC(Cl)C1. The highest BCUT2D eigenvalue weighted by Crippen LogP contribution is 2.25. The van der Waals surface area contributed by atoms with Gasteiger partial charge in [-0.25, -0.2) is 0 Å². The van der Waals surface area contributed by atoms with Crippen molar-refractivity contribution in [1.82, 2.24) is 5.32 Å². The van der Waals surface area contributed by atoms with E-state index in [4.69, 9.17) is 11.6 Å². The Morgan fingerprint density at radius 1 is 1.38 bits per heavy atom. The van der Waals surface area contributed by atoms with Gasteiger partial charge in [0.25, 0.3) is 0 Å². The maximum absolute atomic E-state index is 11.5. The first-order valence-corrected chi connectivity index (χ1v) is 4.49. The molecular formula is C7H11ClF3NO. The summed E-state index contributed by atoms with van der Waals surface area (Å²) >= 11 is 5.68. The third-order valence-electron chi connectivity index (χ3n) is 1.88. The van der Waals surface area contributed by atoms with Crippen molar-refractivity contribution in [3.63, 3.8) is 0 Å². The van der Waals surface area contributed by atoms with Crippen molar-refractivity contribution in [3.8, 4) is 0 Å². The molecule has 0 aromatic heterocycles. The number of hydrogen-bond donors (Lipinski definition) is 1. The Hall–Kier alpha value is 0. The topological polar surface area (TPSA) is 21.3 Å². The van der Waals surface area contributed by atoms with Crippen molar-refractivity contribution < 1.29 is 17.9 Å². The molecule has 0 unspecified atom stereocenters. The van der Waals surface area contributed by atoms with E-state index in [1.807, 2.05) is 0 Å². The summed E-state index contributed by atoms with van der Waals surface area (Å²) in [7, 11) is 0. The summed E-state index contributed by atoms with van der Waals surface area (Å²) in [5.41, 5.74) is 0. The number of rotatable bonds is 4. The molecule has 78 valence electrons. The lowest BCUT2D eigenvalue weighted by Gasteiger charge is -2.31. The molecule has 1 aliphatic carbocycles. The van der Waals surface area contributed by atoms with E-state index in [1.165, 1.54) is 0 Å². The summed E-state index contributed by atoms with van der Waals surface area (Å²) in [6, 6.07) is 0.263. The Balaban J connectivity index is 1.90. The number of nitrogens with one attached hydrogen (secondary N) is 1. The molecule has 1 saturated carbocycles. The molecule has 0 atom stereocenters. The van der Waals surface area contributed by atoms with Crippen LogP contribution in [0.5, 0.6) is 0 Å². The largest absolute Gasteiger partial charge is 0.522 e. The number of hydrogen-bond acceptors (Lipinski definition) is 2. The van der Waals surface area contributed by atoms with Gasteiger partial charge in [0.05, 0.1) is 6.61 Å². The van der Waals surface area contributed by atoms with Crippen LogP contribution in [-0.2, 0) is 4.74 Å². The van der Waals surface area contributed by atoms with Gasteiger partial charge in [0.2, 0.25) is 0 Å². The second-order valence-corrected chi connectivity index (χ2v) is 3.63. The van der Waals surface area contributed by atoms with E-state index in [9.17, 15) is 13.2 Å². The summed E-state index contributed by atoms with van der Waals surface area (Å²) in [6.45, 7) is -0.124. The zero-order valence-electron chi connectivity index (χ0n) is 6.90. The molecule has 0 heterocycles. The van der Waals surface area contributed by atoms with Crippen molar-refractivity contribution in [2.24, 2.45) is 0 Å². The lowest BCUT2D eigenvalue weighted by Crippen LogP contribution is -2.43. The first-order valence-electron chi connectivity index (χ1n) is 4.05. The Morgan fingerprint density at radius 3 is 2.46 bits per heavy atom. The fourth-order valence-electron chi connectivity index (χ4n) is 1.14. The van der Waals surface area contributed by atoms with Crippen LogP contribution in [-0.4, -0.2) is 30.9 Å². The smallest absolute Gasteiger partial charge is 0.312 e. The molecule has 0 saturated heterocycles. The Kier molecular flexibility index (Phi) is 3.82. The maximum atomic E-state index is 11.5. The van der Waals surface area contributed by atoms with Gasteiger partial charge >= 0.3 is 6.36 Å². The fourth-order valence-corrected chi connectivity index (χ4v) is 1.58. The van der Waals surface area contributed by atoms with E-state index < -0.39 is 6.36 Å². The molecule has 0 radical (unpaired) electrons. The molecule has 13 heavy (non-hydrogen) atoms. The Morgan fingerprint density at radius 2 is 2.00 bits per heavy atom. The third-order valence-corrected chi connectivity index (χ3v) is 2.24. The van der Waals surface area contributed by atoms with Crippen LogP contribution in [0.4, 0.5) is 13.2 Å². The maximum Gasteiger partial charge on any atom is 0.522 e. The zero-order valence-corrected chi connectivity index (χ0v) is 7.66. The quantitative estimate of drug-likeness (QED) is 0.574. The van der Waals surface area contributed by atoms with Gasteiger partial charge < -0.3 is 5.32 Å². The van der Waals surface area contributed by atoms with E-state index in [1.54, 1.807) is 0 Å². The molecule has 1 fully saturated rings. The van der Waals surface area contributed by atoms with Gasteiger partial charge in [-0.3, -0.25) is 4.74 Å². The monoisotopic (exact) mass is 217 g/mol. The highest BCUT2D eigenvalue weighted by atomic mass is 35.5. The molecule has 0 amide bonds. The molecule has 0 aromatic rings. The second kappa shape index (κ2) is 4.48. The van der Waals surface area contributed by atoms with Crippen molar-refractivity contribution >= 4 is 11.6 Å².